The molecule has 0 aliphatic carbocycles. The van der Waals surface area contributed by atoms with Crippen LogP contribution >= 0.6 is 0 Å². The van der Waals surface area contributed by atoms with Gasteiger partial charge in [-0.25, -0.2) is 0 Å². The molecule has 0 spiro atoms. The van der Waals surface area contributed by atoms with Crippen molar-refractivity contribution in [1.82, 2.24) is 0 Å². The monoisotopic (exact) mass is 186 g/mol. The molecule has 3 heteroatoms. The molecule has 0 aliphatic heterocycles. The molecule has 76 valence electrons. The van der Waals surface area contributed by atoms with Gasteiger partial charge in [0, 0.05) is 6.61 Å². The van der Waals surface area contributed by atoms with Crippen LogP contribution in [0.1, 0.15) is 25.7 Å². The van der Waals surface area contributed by atoms with E-state index in [4.69, 9.17) is 14.6 Å². The van der Waals surface area contributed by atoms with E-state index >= 15 is 0 Å². The molecule has 0 fully saturated rings. The zero-order valence-corrected chi connectivity index (χ0v) is 7.95. The Morgan fingerprint density at radius 1 is 1.08 bits per heavy atom. The minimum absolute atomic E-state index is 0.286. The van der Waals surface area contributed by atoms with Crippen molar-refractivity contribution in [2.75, 3.05) is 13.2 Å². The van der Waals surface area contributed by atoms with Crippen molar-refractivity contribution < 1.29 is 14.6 Å². The summed E-state index contributed by atoms with van der Waals surface area (Å²) in [7, 11) is 0. The van der Waals surface area contributed by atoms with E-state index < -0.39 is 0 Å². The Balaban J connectivity index is 2.94. The molecular weight excluding hydrogens is 168 g/mol. The fourth-order valence-electron chi connectivity index (χ4n) is 0.846. The average molecular weight is 186 g/mol. The lowest BCUT2D eigenvalue weighted by atomic mass is 10.2. The molecule has 0 aliphatic rings. The molecule has 0 bridgehead atoms. The second-order valence-electron chi connectivity index (χ2n) is 2.58. The Hall–Kier alpha value is -0.960. The molecule has 0 saturated heterocycles. The number of ether oxygens (including phenoxy) is 2. The number of aliphatic hydroxyl groups is 1. The summed E-state index contributed by atoms with van der Waals surface area (Å²) in [6.07, 6.45) is 8.34. The first kappa shape index (κ1) is 12.0. The second-order valence-corrected chi connectivity index (χ2v) is 2.58. The third-order valence-corrected chi connectivity index (χ3v) is 1.50. The summed E-state index contributed by atoms with van der Waals surface area (Å²) in [5.41, 5.74) is 0. The van der Waals surface area contributed by atoms with Gasteiger partial charge >= 0.3 is 0 Å². The van der Waals surface area contributed by atoms with E-state index in [0.717, 1.165) is 25.7 Å². The Kier molecular flexibility index (Phi) is 10.2. The molecule has 0 rings (SSSR count). The fraction of sp³-hybridized carbons (Fsp3) is 0.600. The quantitative estimate of drug-likeness (QED) is 0.443. The maximum absolute atomic E-state index is 8.50. The third-order valence-electron chi connectivity index (χ3n) is 1.50. The van der Waals surface area contributed by atoms with Crippen molar-refractivity contribution in [3.8, 4) is 0 Å². The highest BCUT2D eigenvalue weighted by molar-refractivity contribution is 4.65. The first-order valence-corrected chi connectivity index (χ1v) is 4.55. The van der Waals surface area contributed by atoms with E-state index in [0.29, 0.717) is 6.61 Å². The van der Waals surface area contributed by atoms with E-state index in [2.05, 4.69) is 6.58 Å². The fourth-order valence-corrected chi connectivity index (χ4v) is 0.846. The summed E-state index contributed by atoms with van der Waals surface area (Å²) in [6.45, 7) is 4.36. The van der Waals surface area contributed by atoms with Gasteiger partial charge in [0.2, 0.25) is 0 Å². The SMILES string of the molecule is C=COC=COCCCCCCO. The van der Waals surface area contributed by atoms with E-state index in [-0.39, 0.29) is 6.61 Å². The summed E-state index contributed by atoms with van der Waals surface area (Å²) in [5.74, 6) is 0. The maximum atomic E-state index is 8.50. The summed E-state index contributed by atoms with van der Waals surface area (Å²) >= 11 is 0. The van der Waals surface area contributed by atoms with Crippen LogP contribution in [-0.4, -0.2) is 18.3 Å². The van der Waals surface area contributed by atoms with Crippen LogP contribution < -0.4 is 0 Å². The predicted octanol–water partition coefficient (Wildman–Crippen LogP) is 2.19. The summed E-state index contributed by atoms with van der Waals surface area (Å²) < 4.78 is 9.80. The number of hydrogen-bond donors (Lipinski definition) is 1. The zero-order valence-electron chi connectivity index (χ0n) is 7.95. The molecule has 0 aromatic heterocycles. The lowest BCUT2D eigenvalue weighted by Gasteiger charge is -1.99. The molecule has 1 N–H and O–H groups in total. The number of rotatable bonds is 9. The molecule has 0 saturated carbocycles. The van der Waals surface area contributed by atoms with Crippen LogP contribution in [0, 0.1) is 0 Å². The van der Waals surface area contributed by atoms with Crippen molar-refractivity contribution in [2.24, 2.45) is 0 Å². The second kappa shape index (κ2) is 11.0. The molecular formula is C10H18O3. The van der Waals surface area contributed by atoms with E-state index in [1.165, 1.54) is 18.8 Å². The molecule has 0 amide bonds. The molecule has 3 nitrogen and oxygen atoms in total. The lowest BCUT2D eigenvalue weighted by Crippen LogP contribution is -1.89. The van der Waals surface area contributed by atoms with Crippen LogP contribution in [0.2, 0.25) is 0 Å². The Morgan fingerprint density at radius 2 is 1.85 bits per heavy atom. The molecule has 0 aromatic carbocycles. The molecule has 0 radical (unpaired) electrons. The van der Waals surface area contributed by atoms with Gasteiger partial charge in [-0.15, -0.1) is 0 Å². The van der Waals surface area contributed by atoms with Gasteiger partial charge in [-0.1, -0.05) is 13.0 Å². The van der Waals surface area contributed by atoms with Gasteiger partial charge in [0.25, 0.3) is 0 Å². The largest absolute Gasteiger partial charge is 0.498 e. The van der Waals surface area contributed by atoms with Crippen LogP contribution in [0.15, 0.2) is 25.4 Å². The Labute approximate surface area is 79.7 Å². The first-order valence-electron chi connectivity index (χ1n) is 4.55. The summed E-state index contributed by atoms with van der Waals surface area (Å²) in [6, 6.07) is 0. The van der Waals surface area contributed by atoms with Gasteiger partial charge in [0.1, 0.15) is 12.5 Å². The smallest absolute Gasteiger partial charge is 0.125 e. The van der Waals surface area contributed by atoms with Gasteiger partial charge < -0.3 is 14.6 Å². The Bertz CT molecular complexity index is 132. The van der Waals surface area contributed by atoms with Gasteiger partial charge in [-0.3, -0.25) is 0 Å². The Morgan fingerprint density at radius 3 is 2.54 bits per heavy atom. The minimum atomic E-state index is 0.286. The molecule has 0 heterocycles. The zero-order chi connectivity index (χ0) is 9.78. The highest BCUT2D eigenvalue weighted by atomic mass is 16.5. The van der Waals surface area contributed by atoms with Crippen LogP contribution in [0.25, 0.3) is 0 Å². The first-order chi connectivity index (χ1) is 6.41. The predicted molar refractivity (Wildman–Crippen MR) is 51.9 cm³/mol. The van der Waals surface area contributed by atoms with Crippen molar-refractivity contribution in [3.63, 3.8) is 0 Å². The van der Waals surface area contributed by atoms with Crippen molar-refractivity contribution >= 4 is 0 Å². The van der Waals surface area contributed by atoms with Gasteiger partial charge in [0.15, 0.2) is 0 Å². The van der Waals surface area contributed by atoms with Crippen molar-refractivity contribution in [1.29, 1.82) is 0 Å². The lowest BCUT2D eigenvalue weighted by molar-refractivity contribution is 0.224. The maximum Gasteiger partial charge on any atom is 0.125 e. The summed E-state index contributed by atoms with van der Waals surface area (Å²) in [4.78, 5) is 0. The van der Waals surface area contributed by atoms with Gasteiger partial charge in [-0.05, 0) is 19.3 Å². The number of hydrogen-bond acceptors (Lipinski definition) is 3. The van der Waals surface area contributed by atoms with E-state index in [1.54, 1.807) is 0 Å². The minimum Gasteiger partial charge on any atom is -0.498 e. The van der Waals surface area contributed by atoms with Crippen LogP contribution in [0.3, 0.4) is 0 Å². The normalized spacial score (nSPS) is 10.2. The number of aliphatic hydroxyl groups excluding tert-OH is 1. The summed E-state index contributed by atoms with van der Waals surface area (Å²) in [5, 5.41) is 8.50. The van der Waals surface area contributed by atoms with Crippen molar-refractivity contribution in [2.45, 2.75) is 25.7 Å². The van der Waals surface area contributed by atoms with E-state index in [1.807, 2.05) is 0 Å². The van der Waals surface area contributed by atoms with Crippen LogP contribution in [0.4, 0.5) is 0 Å². The molecule has 0 aromatic rings. The molecule has 0 unspecified atom stereocenters. The van der Waals surface area contributed by atoms with E-state index in [9.17, 15) is 0 Å². The van der Waals surface area contributed by atoms with Gasteiger partial charge in [0.05, 0.1) is 12.9 Å². The third kappa shape index (κ3) is 11.0. The average Bonchev–Trinajstić information content (AvgIpc) is 2.16. The standard InChI is InChI=1S/C10H18O3/c1-2-12-9-10-13-8-6-4-3-5-7-11/h2,9-11H,1,3-8H2. The van der Waals surface area contributed by atoms with Crippen LogP contribution in [-0.2, 0) is 9.47 Å². The van der Waals surface area contributed by atoms with Gasteiger partial charge in [-0.2, -0.15) is 0 Å². The van der Waals surface area contributed by atoms with Crippen molar-refractivity contribution in [3.05, 3.63) is 25.4 Å². The molecule has 0 atom stereocenters. The van der Waals surface area contributed by atoms with Crippen LogP contribution in [0.5, 0.6) is 0 Å². The number of unbranched alkanes of at least 4 members (excludes halogenated alkanes) is 3. The highest BCUT2D eigenvalue weighted by Gasteiger charge is 1.87. The topological polar surface area (TPSA) is 38.7 Å². The molecule has 13 heavy (non-hydrogen) atoms. The highest BCUT2D eigenvalue weighted by Crippen LogP contribution is 1.99.